The molecule has 0 amide bonds. The van der Waals surface area contributed by atoms with Gasteiger partial charge in [0.15, 0.2) is 0 Å². The number of hydrogen-bond donors (Lipinski definition) is 6. The summed E-state index contributed by atoms with van der Waals surface area (Å²) in [4.78, 5) is 0. The molecular formula is H6Al2Ca6O18S3+6. The predicted molar refractivity (Wildman–Crippen MR) is 92.7 cm³/mol. The van der Waals surface area contributed by atoms with E-state index in [0.717, 1.165) is 0 Å². The fraction of sp³-hybridized carbons (Fsp3) is 0. The third-order valence-corrected chi connectivity index (χ3v) is 0. The van der Waals surface area contributed by atoms with Crippen LogP contribution in [0.15, 0.2) is 0 Å². The Morgan fingerprint density at radius 3 is 0.310 bits per heavy atom. The second-order valence-corrected chi connectivity index (χ2v) is 4.03. The Labute approximate surface area is 368 Å². The van der Waals surface area contributed by atoms with Crippen molar-refractivity contribution in [3.63, 3.8) is 0 Å². The molecule has 0 aliphatic rings. The standard InChI is InChI=1S/2Al.6Ca.3H2O4S.6O/c;;;;;;;;3*1-5(2,3)4;;;;;;/h;;;;;;;;3*(H2,1,2,3,4);;;;;;/q2*+3;6*+2;;;;6*-2. The topological polar surface area (TPSA) is 395 Å². The van der Waals surface area contributed by atoms with Gasteiger partial charge < -0.3 is 32.9 Å². The molecule has 0 aliphatic carbocycles. The molecule has 0 fully saturated rings. The van der Waals surface area contributed by atoms with E-state index in [0.29, 0.717) is 0 Å². The molecule has 29 heteroatoms. The van der Waals surface area contributed by atoms with Gasteiger partial charge in [-0.15, -0.1) is 0 Å². The second kappa shape index (κ2) is 65.2. The Morgan fingerprint density at radius 2 is 0.310 bits per heavy atom. The summed E-state index contributed by atoms with van der Waals surface area (Å²) >= 11 is 0. The normalized spacial score (nSPS) is 6.00. The third-order valence-electron chi connectivity index (χ3n) is 0. The first kappa shape index (κ1) is 120. The van der Waals surface area contributed by atoms with Crippen LogP contribution in [0.1, 0.15) is 0 Å². The fourth-order valence-corrected chi connectivity index (χ4v) is 0. The molecule has 0 aliphatic heterocycles. The maximum Gasteiger partial charge on any atom is 3.00 e. The molecule has 6 N–H and O–H groups in total. The maximum absolute atomic E-state index is 8.74. The van der Waals surface area contributed by atoms with Crippen molar-refractivity contribution >= 4 is 292 Å². The van der Waals surface area contributed by atoms with E-state index < -0.39 is 31.2 Å². The van der Waals surface area contributed by atoms with Crippen LogP contribution in [-0.4, -0.2) is 314 Å². The van der Waals surface area contributed by atoms with Gasteiger partial charge in [0.05, 0.1) is 0 Å². The molecule has 0 radical (unpaired) electrons. The van der Waals surface area contributed by atoms with E-state index in [1.165, 1.54) is 0 Å². The Balaban J connectivity index is -0.00000000400. The van der Waals surface area contributed by atoms with Crippen molar-refractivity contribution in [2.75, 3.05) is 0 Å². The number of hydrogen-bond acceptors (Lipinski definition) is 6. The molecule has 0 heterocycles. The van der Waals surface area contributed by atoms with E-state index >= 15 is 0 Å². The fourth-order valence-electron chi connectivity index (χ4n) is 0. The van der Waals surface area contributed by atoms with Crippen molar-refractivity contribution < 1.29 is 85.4 Å². The largest absolute Gasteiger partial charge is 3.00 e. The Morgan fingerprint density at radius 1 is 0.310 bits per heavy atom. The van der Waals surface area contributed by atoms with Crippen LogP contribution >= 0.6 is 0 Å². The minimum atomic E-state index is -4.67. The minimum Gasteiger partial charge on any atom is -2.00 e. The summed E-state index contributed by atoms with van der Waals surface area (Å²) in [5.41, 5.74) is 0. The third kappa shape index (κ3) is 651. The Kier molecular flexibility index (Phi) is 270. The van der Waals surface area contributed by atoms with Gasteiger partial charge in [-0.1, -0.05) is 0 Å². The minimum absolute atomic E-state index is 0. The molecule has 18 nitrogen and oxygen atoms in total. The molecule has 0 saturated carbocycles. The summed E-state index contributed by atoms with van der Waals surface area (Å²) in [5, 5.41) is 0. The molecule has 0 aromatic heterocycles. The van der Waals surface area contributed by atoms with E-state index in [1.54, 1.807) is 0 Å². The van der Waals surface area contributed by atoms with Gasteiger partial charge in [-0.3, -0.25) is 27.3 Å². The van der Waals surface area contributed by atoms with Crippen LogP contribution in [0.5, 0.6) is 0 Å². The summed E-state index contributed by atoms with van der Waals surface area (Å²) in [5.74, 6) is 0. The molecule has 0 aromatic carbocycles. The smallest absolute Gasteiger partial charge is 2.00 e. The average molecular weight is 685 g/mol. The number of rotatable bonds is 0. The van der Waals surface area contributed by atoms with Crippen molar-refractivity contribution in [3.05, 3.63) is 0 Å². The first-order valence-electron chi connectivity index (χ1n) is 2.10. The van der Waals surface area contributed by atoms with Crippen LogP contribution in [0.2, 0.25) is 0 Å². The molecule has 0 atom stereocenters. The maximum atomic E-state index is 8.74. The van der Waals surface area contributed by atoms with Gasteiger partial charge in [0.1, 0.15) is 0 Å². The molecule has 0 unspecified atom stereocenters. The van der Waals surface area contributed by atoms with Crippen LogP contribution in [0.3, 0.4) is 0 Å². The summed E-state index contributed by atoms with van der Waals surface area (Å²) in [6.45, 7) is 0. The summed E-state index contributed by atoms with van der Waals surface area (Å²) in [6, 6.07) is 0. The monoisotopic (exact) mass is 684 g/mol. The van der Waals surface area contributed by atoms with Gasteiger partial charge in [0.2, 0.25) is 0 Å². The first-order valence-corrected chi connectivity index (χ1v) is 6.29. The van der Waals surface area contributed by atoms with E-state index in [-0.39, 0.29) is 294 Å². The van der Waals surface area contributed by atoms with E-state index in [9.17, 15) is 0 Å². The predicted octanol–water partition coefficient (Wildman–Crippen LogP) is -5.72. The van der Waals surface area contributed by atoms with Crippen LogP contribution in [0.4, 0.5) is 0 Å². The second-order valence-electron chi connectivity index (χ2n) is 1.34. The molecule has 0 spiro atoms. The zero-order chi connectivity index (χ0) is 13.5. The van der Waals surface area contributed by atoms with Crippen LogP contribution in [0, 0.1) is 0 Å². The zero-order valence-corrected chi connectivity index (χ0v) is 32.2. The molecule has 29 heavy (non-hydrogen) atoms. The summed E-state index contributed by atoms with van der Waals surface area (Å²) in [7, 11) is -14.0. The van der Waals surface area contributed by atoms with Crippen LogP contribution < -0.4 is 0 Å². The van der Waals surface area contributed by atoms with Crippen LogP contribution in [0.25, 0.3) is 0 Å². The average Bonchev–Trinajstić information content (AvgIpc) is 1.41. The molecule has 144 valence electrons. The zero-order valence-electron chi connectivity index (χ0n) is 14.2. The van der Waals surface area contributed by atoms with Crippen molar-refractivity contribution in [1.82, 2.24) is 0 Å². The van der Waals surface area contributed by atoms with Gasteiger partial charge >= 0.3 is 292 Å². The van der Waals surface area contributed by atoms with Gasteiger partial charge in [-0.05, 0) is 0 Å². The quantitative estimate of drug-likeness (QED) is 0.103. The van der Waals surface area contributed by atoms with Gasteiger partial charge in [0.25, 0.3) is 0 Å². The van der Waals surface area contributed by atoms with Crippen molar-refractivity contribution in [2.45, 2.75) is 0 Å². The van der Waals surface area contributed by atoms with Gasteiger partial charge in [-0.2, -0.15) is 25.3 Å². The molecule has 0 aromatic rings. The van der Waals surface area contributed by atoms with Gasteiger partial charge in [-0.25, -0.2) is 0 Å². The van der Waals surface area contributed by atoms with Crippen LogP contribution in [-0.2, 0) is 64.1 Å². The van der Waals surface area contributed by atoms with E-state index in [4.69, 9.17) is 52.6 Å². The summed E-state index contributed by atoms with van der Waals surface area (Å²) < 4.78 is 94.8. The van der Waals surface area contributed by atoms with Crippen molar-refractivity contribution in [1.29, 1.82) is 0 Å². The molecular weight excluding hydrogens is 679 g/mol. The van der Waals surface area contributed by atoms with E-state index in [1.807, 2.05) is 0 Å². The van der Waals surface area contributed by atoms with E-state index in [2.05, 4.69) is 0 Å². The Hall–Kier alpha value is 7.99. The van der Waals surface area contributed by atoms with Gasteiger partial charge in [0, 0.05) is 0 Å². The molecule has 0 bridgehead atoms. The Bertz CT molecular complexity index is 365. The van der Waals surface area contributed by atoms with Crippen molar-refractivity contribution in [3.8, 4) is 0 Å². The summed E-state index contributed by atoms with van der Waals surface area (Å²) in [6.07, 6.45) is 0. The molecule has 0 saturated heterocycles. The SMILES string of the molecule is O=S(=O)(O)O.O=S(=O)(O)O.O=S(=O)(O)O.[Al+3].[Al+3].[Ca+2].[Ca+2].[Ca+2].[Ca+2].[Ca+2].[Ca+2].[O-2].[O-2].[O-2].[O-2].[O-2].[O-2]. The van der Waals surface area contributed by atoms with Crippen molar-refractivity contribution in [2.24, 2.45) is 0 Å². The first-order chi connectivity index (χ1) is 6.00. The molecule has 0 rings (SSSR count).